The molecular formula is C13H14ClN5. The van der Waals surface area contributed by atoms with E-state index in [4.69, 9.17) is 11.6 Å². The molecule has 0 saturated heterocycles. The molecule has 0 bridgehead atoms. The largest absolute Gasteiger partial charge is 0.307 e. The van der Waals surface area contributed by atoms with Crippen molar-refractivity contribution in [2.75, 3.05) is 0 Å². The monoisotopic (exact) mass is 275 g/mol. The summed E-state index contributed by atoms with van der Waals surface area (Å²) < 4.78 is 1.93. The number of nitrogens with zero attached hydrogens (tertiary/aromatic N) is 3. The number of nitrogens with one attached hydrogen (secondary N) is 2. The maximum atomic E-state index is 5.94. The Labute approximate surface area is 115 Å². The van der Waals surface area contributed by atoms with Crippen LogP contribution in [0.4, 0.5) is 0 Å². The summed E-state index contributed by atoms with van der Waals surface area (Å²) in [4.78, 5) is 4.51. The summed E-state index contributed by atoms with van der Waals surface area (Å²) in [5.41, 5.74) is 4.16. The van der Waals surface area contributed by atoms with E-state index in [1.165, 1.54) is 5.56 Å². The van der Waals surface area contributed by atoms with Crippen molar-refractivity contribution in [3.63, 3.8) is 0 Å². The zero-order valence-corrected chi connectivity index (χ0v) is 11.3. The molecule has 0 aliphatic carbocycles. The van der Waals surface area contributed by atoms with Crippen molar-refractivity contribution in [3.8, 4) is 0 Å². The summed E-state index contributed by atoms with van der Waals surface area (Å²) in [6, 6.07) is 3.75. The van der Waals surface area contributed by atoms with Gasteiger partial charge in [0.1, 0.15) is 5.65 Å². The van der Waals surface area contributed by atoms with Crippen LogP contribution in [0.1, 0.15) is 17.0 Å². The molecule has 3 rings (SSSR count). The van der Waals surface area contributed by atoms with Crippen LogP contribution in [0.5, 0.6) is 0 Å². The number of aryl methyl sites for hydroxylation is 1. The average molecular weight is 276 g/mol. The van der Waals surface area contributed by atoms with Gasteiger partial charge in [0.05, 0.1) is 16.9 Å². The third kappa shape index (κ3) is 2.62. The third-order valence-corrected chi connectivity index (χ3v) is 3.24. The Hall–Kier alpha value is -1.85. The van der Waals surface area contributed by atoms with Gasteiger partial charge in [-0.3, -0.25) is 5.10 Å². The van der Waals surface area contributed by atoms with Crippen LogP contribution in [0.15, 0.2) is 30.7 Å². The number of aromatic amines is 1. The molecule has 0 atom stereocenters. The number of halogens is 1. The number of aromatic nitrogens is 4. The Bertz CT molecular complexity index is 700. The predicted molar refractivity (Wildman–Crippen MR) is 74.1 cm³/mol. The van der Waals surface area contributed by atoms with Gasteiger partial charge in [-0.05, 0) is 19.1 Å². The molecule has 3 heterocycles. The molecule has 0 fully saturated rings. The van der Waals surface area contributed by atoms with Gasteiger partial charge in [0, 0.05) is 36.7 Å². The SMILES string of the molecule is Cc1[nH]ncc1CNCc1cn2cc(Cl)ccc2n1. The van der Waals surface area contributed by atoms with Crippen molar-refractivity contribution in [1.29, 1.82) is 0 Å². The molecule has 0 spiro atoms. The zero-order valence-electron chi connectivity index (χ0n) is 10.5. The van der Waals surface area contributed by atoms with Gasteiger partial charge >= 0.3 is 0 Å². The van der Waals surface area contributed by atoms with Crippen LogP contribution in [-0.4, -0.2) is 19.6 Å². The fraction of sp³-hybridized carbons (Fsp3) is 0.231. The lowest BCUT2D eigenvalue weighted by atomic mass is 10.2. The van der Waals surface area contributed by atoms with Crippen LogP contribution in [0.3, 0.4) is 0 Å². The molecule has 3 aromatic heterocycles. The second-order valence-electron chi connectivity index (χ2n) is 4.47. The summed E-state index contributed by atoms with van der Waals surface area (Å²) in [5, 5.41) is 11.0. The molecular weight excluding hydrogens is 262 g/mol. The normalized spacial score (nSPS) is 11.3. The molecule has 0 radical (unpaired) electrons. The van der Waals surface area contributed by atoms with E-state index >= 15 is 0 Å². The van der Waals surface area contributed by atoms with Gasteiger partial charge in [0.25, 0.3) is 0 Å². The Morgan fingerprint density at radius 1 is 1.32 bits per heavy atom. The van der Waals surface area contributed by atoms with E-state index in [0.29, 0.717) is 11.6 Å². The summed E-state index contributed by atoms with van der Waals surface area (Å²) in [7, 11) is 0. The molecule has 19 heavy (non-hydrogen) atoms. The third-order valence-electron chi connectivity index (χ3n) is 3.02. The van der Waals surface area contributed by atoms with Gasteiger partial charge < -0.3 is 9.72 Å². The van der Waals surface area contributed by atoms with Crippen LogP contribution >= 0.6 is 11.6 Å². The Morgan fingerprint density at radius 2 is 2.21 bits per heavy atom. The lowest BCUT2D eigenvalue weighted by molar-refractivity contribution is 0.680. The van der Waals surface area contributed by atoms with Gasteiger partial charge in [-0.15, -0.1) is 0 Å². The molecule has 0 aromatic carbocycles. The van der Waals surface area contributed by atoms with Gasteiger partial charge in [-0.1, -0.05) is 11.6 Å². The lowest BCUT2D eigenvalue weighted by Crippen LogP contribution is -2.13. The minimum Gasteiger partial charge on any atom is -0.307 e. The van der Waals surface area contributed by atoms with E-state index in [-0.39, 0.29) is 0 Å². The van der Waals surface area contributed by atoms with E-state index in [1.54, 1.807) is 0 Å². The molecule has 5 nitrogen and oxygen atoms in total. The van der Waals surface area contributed by atoms with Crippen molar-refractivity contribution in [3.05, 3.63) is 52.7 Å². The zero-order chi connectivity index (χ0) is 13.2. The van der Waals surface area contributed by atoms with Gasteiger partial charge in [0.2, 0.25) is 0 Å². The minimum atomic E-state index is 0.707. The standard InChI is InChI=1S/C13H14ClN5/c1-9-10(5-16-18-9)4-15-6-12-8-19-7-11(14)2-3-13(19)17-12/h2-3,5,7-8,15H,4,6H2,1H3,(H,16,18). The van der Waals surface area contributed by atoms with Crippen LogP contribution in [-0.2, 0) is 13.1 Å². The molecule has 0 saturated carbocycles. The maximum Gasteiger partial charge on any atom is 0.137 e. The number of fused-ring (bicyclic) bond motifs is 1. The fourth-order valence-corrected chi connectivity index (χ4v) is 2.15. The molecule has 98 valence electrons. The van der Waals surface area contributed by atoms with Crippen molar-refractivity contribution >= 4 is 17.2 Å². The van der Waals surface area contributed by atoms with Crippen molar-refractivity contribution in [1.82, 2.24) is 24.9 Å². The highest BCUT2D eigenvalue weighted by Gasteiger charge is 2.03. The topological polar surface area (TPSA) is 58.0 Å². The molecule has 6 heteroatoms. The number of pyridine rings is 1. The fourth-order valence-electron chi connectivity index (χ4n) is 1.98. The molecule has 0 aliphatic heterocycles. The summed E-state index contributed by atoms with van der Waals surface area (Å²) in [5.74, 6) is 0. The first-order valence-corrected chi connectivity index (χ1v) is 6.43. The quantitative estimate of drug-likeness (QED) is 0.768. The smallest absolute Gasteiger partial charge is 0.137 e. The Balaban J connectivity index is 1.67. The highest BCUT2D eigenvalue weighted by Crippen LogP contribution is 2.11. The van der Waals surface area contributed by atoms with Crippen molar-refractivity contribution in [2.24, 2.45) is 0 Å². The molecule has 0 amide bonds. The van der Waals surface area contributed by atoms with Crippen LogP contribution in [0.2, 0.25) is 5.02 Å². The molecule has 0 aliphatic rings. The highest BCUT2D eigenvalue weighted by atomic mass is 35.5. The second-order valence-corrected chi connectivity index (χ2v) is 4.91. The Morgan fingerprint density at radius 3 is 3.00 bits per heavy atom. The average Bonchev–Trinajstić information content (AvgIpc) is 2.95. The second kappa shape index (κ2) is 5.03. The predicted octanol–water partition coefficient (Wildman–Crippen LogP) is 2.31. The number of hydrogen-bond donors (Lipinski definition) is 2. The summed E-state index contributed by atoms with van der Waals surface area (Å²) in [6.07, 6.45) is 5.68. The number of hydrogen-bond acceptors (Lipinski definition) is 3. The van der Waals surface area contributed by atoms with Gasteiger partial charge in [0.15, 0.2) is 0 Å². The van der Waals surface area contributed by atoms with Crippen LogP contribution in [0, 0.1) is 6.92 Å². The molecule has 2 N–H and O–H groups in total. The van der Waals surface area contributed by atoms with Crippen LogP contribution in [0.25, 0.3) is 5.65 Å². The molecule has 3 aromatic rings. The number of H-pyrrole nitrogens is 1. The van der Waals surface area contributed by atoms with E-state index < -0.39 is 0 Å². The maximum absolute atomic E-state index is 5.94. The van der Waals surface area contributed by atoms with E-state index in [1.807, 2.05) is 42.0 Å². The first-order chi connectivity index (χ1) is 9.22. The van der Waals surface area contributed by atoms with Crippen molar-refractivity contribution < 1.29 is 0 Å². The van der Waals surface area contributed by atoms with Gasteiger partial charge in [-0.2, -0.15) is 5.10 Å². The van der Waals surface area contributed by atoms with Gasteiger partial charge in [-0.25, -0.2) is 4.98 Å². The molecule has 0 unspecified atom stereocenters. The van der Waals surface area contributed by atoms with Crippen LogP contribution < -0.4 is 5.32 Å². The Kier molecular flexibility index (Phi) is 3.23. The lowest BCUT2D eigenvalue weighted by Gasteiger charge is -2.00. The van der Waals surface area contributed by atoms with E-state index in [0.717, 1.165) is 23.6 Å². The first kappa shape index (κ1) is 12.2. The summed E-state index contributed by atoms with van der Waals surface area (Å²) in [6.45, 7) is 3.50. The number of imidazole rings is 1. The summed E-state index contributed by atoms with van der Waals surface area (Å²) >= 11 is 5.94. The van der Waals surface area contributed by atoms with E-state index in [9.17, 15) is 0 Å². The van der Waals surface area contributed by atoms with Crippen molar-refractivity contribution in [2.45, 2.75) is 20.0 Å². The minimum absolute atomic E-state index is 0.707. The van der Waals surface area contributed by atoms with E-state index in [2.05, 4.69) is 20.5 Å². The number of rotatable bonds is 4. The first-order valence-electron chi connectivity index (χ1n) is 6.05. The highest BCUT2D eigenvalue weighted by molar-refractivity contribution is 6.30.